The molecule has 0 saturated heterocycles. The molecule has 8 nitrogen and oxygen atoms in total. The quantitative estimate of drug-likeness (QED) is 0.299. The van der Waals surface area contributed by atoms with Crippen molar-refractivity contribution in [1.29, 1.82) is 0 Å². The maximum Gasteiger partial charge on any atom is 0.338 e. The van der Waals surface area contributed by atoms with Gasteiger partial charge in [0, 0.05) is 11.8 Å². The molecule has 104 valence electrons. The number of nitro benzene ring substituents is 1. The fraction of sp³-hybridized carbons (Fsp3) is 0.364. The molecular formula is C11H14N2O6. The number of aliphatic hydroxyl groups is 2. The van der Waals surface area contributed by atoms with Crippen LogP contribution < -0.4 is 5.73 Å². The predicted molar refractivity (Wildman–Crippen MR) is 65.1 cm³/mol. The van der Waals surface area contributed by atoms with E-state index in [-0.39, 0.29) is 17.9 Å². The number of carbonyl (C=O) groups excluding carboxylic acids is 1. The standard InChI is InChI=1S/C11H14N2O6/c1-2-19-11(16)10(15)9(14)7-5-6(12)3-4-8(7)13(17)18/h3-5,9-10,14-15H,2,12H2,1H3. The Bertz CT molecular complexity index is 490. The summed E-state index contributed by atoms with van der Waals surface area (Å²) in [4.78, 5) is 21.4. The van der Waals surface area contributed by atoms with Gasteiger partial charge in [0.2, 0.25) is 0 Å². The minimum absolute atomic E-state index is 0.0155. The lowest BCUT2D eigenvalue weighted by molar-refractivity contribution is -0.386. The van der Waals surface area contributed by atoms with Gasteiger partial charge < -0.3 is 20.7 Å². The Kier molecular flexibility index (Phi) is 4.79. The number of aliphatic hydroxyl groups excluding tert-OH is 2. The zero-order valence-electron chi connectivity index (χ0n) is 10.1. The maximum absolute atomic E-state index is 11.3. The number of hydrogen-bond donors (Lipinski definition) is 3. The summed E-state index contributed by atoms with van der Waals surface area (Å²) in [6, 6.07) is 3.50. The van der Waals surface area contributed by atoms with Crippen LogP contribution in [0.1, 0.15) is 18.6 Å². The Morgan fingerprint density at radius 2 is 2.16 bits per heavy atom. The van der Waals surface area contributed by atoms with Gasteiger partial charge >= 0.3 is 5.97 Å². The molecule has 0 aliphatic rings. The van der Waals surface area contributed by atoms with Gasteiger partial charge in [-0.25, -0.2) is 4.79 Å². The number of hydrogen-bond acceptors (Lipinski definition) is 7. The molecule has 1 aromatic rings. The second-order valence-corrected chi connectivity index (χ2v) is 3.72. The molecule has 2 unspecified atom stereocenters. The van der Waals surface area contributed by atoms with Crippen molar-refractivity contribution in [3.63, 3.8) is 0 Å². The van der Waals surface area contributed by atoms with E-state index in [1.165, 1.54) is 13.0 Å². The second-order valence-electron chi connectivity index (χ2n) is 3.72. The number of ether oxygens (including phenoxy) is 1. The Hall–Kier alpha value is -2.19. The van der Waals surface area contributed by atoms with Crippen LogP contribution in [0, 0.1) is 10.1 Å². The van der Waals surface area contributed by atoms with Crippen LogP contribution in [0.15, 0.2) is 18.2 Å². The van der Waals surface area contributed by atoms with Crippen molar-refractivity contribution in [3.05, 3.63) is 33.9 Å². The first-order valence-corrected chi connectivity index (χ1v) is 5.45. The smallest absolute Gasteiger partial charge is 0.338 e. The topological polar surface area (TPSA) is 136 Å². The van der Waals surface area contributed by atoms with E-state index < -0.39 is 28.8 Å². The molecule has 0 saturated carbocycles. The number of carbonyl (C=O) groups is 1. The Morgan fingerprint density at radius 3 is 2.68 bits per heavy atom. The predicted octanol–water partition coefficient (Wildman–Crippen LogP) is 0.134. The Morgan fingerprint density at radius 1 is 1.53 bits per heavy atom. The molecular weight excluding hydrogens is 256 g/mol. The van der Waals surface area contributed by atoms with E-state index in [2.05, 4.69) is 4.74 Å². The number of benzene rings is 1. The number of nitrogen functional groups attached to an aromatic ring is 1. The van der Waals surface area contributed by atoms with E-state index in [1.54, 1.807) is 0 Å². The van der Waals surface area contributed by atoms with Gasteiger partial charge in [0.25, 0.3) is 5.69 Å². The first kappa shape index (κ1) is 14.9. The monoisotopic (exact) mass is 270 g/mol. The molecule has 1 aromatic carbocycles. The molecule has 0 aromatic heterocycles. The van der Waals surface area contributed by atoms with E-state index in [0.717, 1.165) is 12.1 Å². The van der Waals surface area contributed by atoms with Gasteiger partial charge in [0.1, 0.15) is 6.10 Å². The van der Waals surface area contributed by atoms with Crippen LogP contribution in [0.2, 0.25) is 0 Å². The number of esters is 1. The van der Waals surface area contributed by atoms with E-state index in [9.17, 15) is 25.1 Å². The van der Waals surface area contributed by atoms with E-state index in [4.69, 9.17) is 5.73 Å². The molecule has 0 spiro atoms. The number of rotatable bonds is 5. The van der Waals surface area contributed by atoms with E-state index in [0.29, 0.717) is 0 Å². The van der Waals surface area contributed by atoms with Gasteiger partial charge in [0.05, 0.1) is 17.1 Å². The molecule has 0 fully saturated rings. The molecule has 0 aliphatic heterocycles. The lowest BCUT2D eigenvalue weighted by atomic mass is 10.0. The zero-order valence-corrected chi connectivity index (χ0v) is 10.1. The van der Waals surface area contributed by atoms with Crippen molar-refractivity contribution in [2.75, 3.05) is 12.3 Å². The Labute approximate surface area is 108 Å². The maximum atomic E-state index is 11.3. The molecule has 0 radical (unpaired) electrons. The molecule has 1 rings (SSSR count). The average Bonchev–Trinajstić information content (AvgIpc) is 2.36. The van der Waals surface area contributed by atoms with Crippen molar-refractivity contribution in [3.8, 4) is 0 Å². The summed E-state index contributed by atoms with van der Waals surface area (Å²) in [5.74, 6) is -1.06. The third-order valence-corrected chi connectivity index (χ3v) is 2.39. The zero-order chi connectivity index (χ0) is 14.6. The minimum atomic E-state index is -1.92. The van der Waals surface area contributed by atoms with Crippen LogP contribution in [0.25, 0.3) is 0 Å². The average molecular weight is 270 g/mol. The highest BCUT2D eigenvalue weighted by Gasteiger charge is 2.32. The third kappa shape index (κ3) is 3.39. The molecule has 0 bridgehead atoms. The van der Waals surface area contributed by atoms with Crippen molar-refractivity contribution in [2.45, 2.75) is 19.1 Å². The highest BCUT2D eigenvalue weighted by Crippen LogP contribution is 2.29. The molecule has 8 heteroatoms. The SMILES string of the molecule is CCOC(=O)C(O)C(O)c1cc(N)ccc1[N+](=O)[O-]. The molecule has 2 atom stereocenters. The summed E-state index contributed by atoms with van der Waals surface area (Å²) in [5, 5.41) is 30.2. The van der Waals surface area contributed by atoms with Gasteiger partial charge in [0.15, 0.2) is 6.10 Å². The van der Waals surface area contributed by atoms with Crippen molar-refractivity contribution >= 4 is 17.3 Å². The molecule has 0 heterocycles. The van der Waals surface area contributed by atoms with Gasteiger partial charge in [-0.05, 0) is 19.1 Å². The number of nitrogens with two attached hydrogens (primary N) is 1. The largest absolute Gasteiger partial charge is 0.464 e. The van der Waals surface area contributed by atoms with Crippen molar-refractivity contribution < 1.29 is 24.7 Å². The first-order valence-electron chi connectivity index (χ1n) is 5.45. The molecule has 0 aliphatic carbocycles. The molecule has 19 heavy (non-hydrogen) atoms. The molecule has 0 amide bonds. The number of nitrogens with zero attached hydrogens (tertiary/aromatic N) is 1. The second kappa shape index (κ2) is 6.12. The van der Waals surface area contributed by atoms with Crippen LogP contribution in [-0.2, 0) is 9.53 Å². The van der Waals surface area contributed by atoms with Crippen LogP contribution in [0.4, 0.5) is 11.4 Å². The molecule has 4 N–H and O–H groups in total. The first-order chi connectivity index (χ1) is 8.88. The number of anilines is 1. The summed E-state index contributed by atoms with van der Waals surface area (Å²) in [7, 11) is 0. The summed E-state index contributed by atoms with van der Waals surface area (Å²) >= 11 is 0. The normalized spacial score (nSPS) is 13.6. The lowest BCUT2D eigenvalue weighted by Gasteiger charge is -2.17. The van der Waals surface area contributed by atoms with Gasteiger partial charge in [-0.15, -0.1) is 0 Å². The van der Waals surface area contributed by atoms with E-state index in [1.807, 2.05) is 0 Å². The lowest BCUT2D eigenvalue weighted by Crippen LogP contribution is -2.30. The van der Waals surface area contributed by atoms with Gasteiger partial charge in [-0.1, -0.05) is 0 Å². The van der Waals surface area contributed by atoms with Gasteiger partial charge in [-0.3, -0.25) is 10.1 Å². The highest BCUT2D eigenvalue weighted by molar-refractivity contribution is 5.76. The highest BCUT2D eigenvalue weighted by atomic mass is 16.6. The minimum Gasteiger partial charge on any atom is -0.464 e. The summed E-state index contributed by atoms with van der Waals surface area (Å²) in [6.07, 6.45) is -3.71. The van der Waals surface area contributed by atoms with Crippen LogP contribution in [0.5, 0.6) is 0 Å². The summed E-state index contributed by atoms with van der Waals surface area (Å²) in [6.45, 7) is 1.54. The summed E-state index contributed by atoms with van der Waals surface area (Å²) in [5.41, 5.74) is 4.95. The Balaban J connectivity index is 3.10. The van der Waals surface area contributed by atoms with Crippen molar-refractivity contribution in [2.24, 2.45) is 0 Å². The fourth-order valence-electron chi connectivity index (χ4n) is 1.50. The van der Waals surface area contributed by atoms with Crippen LogP contribution in [0.3, 0.4) is 0 Å². The summed E-state index contributed by atoms with van der Waals surface area (Å²) < 4.78 is 4.53. The number of nitro groups is 1. The fourth-order valence-corrected chi connectivity index (χ4v) is 1.50. The van der Waals surface area contributed by atoms with E-state index >= 15 is 0 Å². The van der Waals surface area contributed by atoms with Gasteiger partial charge in [-0.2, -0.15) is 0 Å². The third-order valence-electron chi connectivity index (χ3n) is 2.39. The van der Waals surface area contributed by atoms with Crippen molar-refractivity contribution in [1.82, 2.24) is 0 Å². The van der Waals surface area contributed by atoms with Crippen LogP contribution >= 0.6 is 0 Å². The van der Waals surface area contributed by atoms with Crippen LogP contribution in [-0.4, -0.2) is 33.8 Å².